The summed E-state index contributed by atoms with van der Waals surface area (Å²) in [5.41, 5.74) is -0.418. The van der Waals surface area contributed by atoms with E-state index in [1.54, 1.807) is 11.0 Å². The molecule has 1 aromatic heterocycles. The van der Waals surface area contributed by atoms with E-state index in [0.717, 1.165) is 18.9 Å². The molecule has 4 nitrogen and oxygen atoms in total. The molecular weight excluding hydrogens is 264 g/mol. The maximum Gasteiger partial charge on any atom is 0.137 e. The van der Waals surface area contributed by atoms with Crippen LogP contribution in [0.4, 0.5) is 8.78 Å². The van der Waals surface area contributed by atoms with E-state index in [-0.39, 0.29) is 0 Å². The maximum absolute atomic E-state index is 14.1. The molecule has 0 bridgehead atoms. The molecule has 0 saturated carbocycles. The van der Waals surface area contributed by atoms with E-state index in [4.69, 9.17) is 4.74 Å². The van der Waals surface area contributed by atoms with Crippen LogP contribution in [-0.2, 0) is 16.9 Å². The Morgan fingerprint density at radius 2 is 2.20 bits per heavy atom. The monoisotopic (exact) mass is 279 g/mol. The molecular formula is C14H15F2N3O. The Morgan fingerprint density at radius 1 is 1.30 bits per heavy atom. The van der Waals surface area contributed by atoms with Crippen molar-refractivity contribution in [3.63, 3.8) is 0 Å². The minimum Gasteiger partial charge on any atom is -0.368 e. The maximum atomic E-state index is 14.1. The molecule has 3 rings (SSSR count). The van der Waals surface area contributed by atoms with Gasteiger partial charge in [0.15, 0.2) is 0 Å². The van der Waals surface area contributed by atoms with Crippen molar-refractivity contribution < 1.29 is 13.5 Å². The standard InChI is InChI=1S/C14H15F2N3O/c15-11-3-4-12(13(16)7-11)14(5-1-2-6-20-14)8-19-10-17-9-18-19/h3-4,7,9-10H,1-2,5-6,8H2. The Bertz CT molecular complexity index is 580. The van der Waals surface area contributed by atoms with Crippen molar-refractivity contribution in [1.29, 1.82) is 0 Å². The second-order valence-electron chi connectivity index (χ2n) is 5.02. The Labute approximate surface area is 115 Å². The van der Waals surface area contributed by atoms with Crippen molar-refractivity contribution in [3.8, 4) is 0 Å². The van der Waals surface area contributed by atoms with Gasteiger partial charge < -0.3 is 4.74 Å². The Balaban J connectivity index is 2.00. The number of hydrogen-bond donors (Lipinski definition) is 0. The van der Waals surface area contributed by atoms with Gasteiger partial charge in [0, 0.05) is 18.2 Å². The van der Waals surface area contributed by atoms with Crippen LogP contribution in [0.25, 0.3) is 0 Å². The molecule has 0 spiro atoms. The van der Waals surface area contributed by atoms with Gasteiger partial charge in [-0.1, -0.05) is 6.07 Å². The predicted molar refractivity (Wildman–Crippen MR) is 67.9 cm³/mol. The third-order valence-corrected chi connectivity index (χ3v) is 3.66. The highest BCUT2D eigenvalue weighted by Crippen LogP contribution is 2.38. The molecule has 1 atom stereocenters. The van der Waals surface area contributed by atoms with Gasteiger partial charge in [-0.05, 0) is 25.3 Å². The molecule has 2 heterocycles. The summed E-state index contributed by atoms with van der Waals surface area (Å²) in [5, 5.41) is 4.06. The van der Waals surface area contributed by atoms with E-state index >= 15 is 0 Å². The van der Waals surface area contributed by atoms with Gasteiger partial charge in [0.2, 0.25) is 0 Å². The molecule has 6 heteroatoms. The first-order valence-electron chi connectivity index (χ1n) is 6.61. The number of nitrogens with zero attached hydrogens (tertiary/aromatic N) is 3. The molecule has 0 N–H and O–H groups in total. The van der Waals surface area contributed by atoms with E-state index in [0.29, 0.717) is 25.1 Å². The highest BCUT2D eigenvalue weighted by atomic mass is 19.1. The van der Waals surface area contributed by atoms with Crippen molar-refractivity contribution in [2.24, 2.45) is 0 Å². The first kappa shape index (κ1) is 13.2. The Morgan fingerprint density at radius 3 is 2.85 bits per heavy atom. The highest BCUT2D eigenvalue weighted by Gasteiger charge is 2.38. The lowest BCUT2D eigenvalue weighted by atomic mass is 9.86. The van der Waals surface area contributed by atoms with E-state index < -0.39 is 17.2 Å². The molecule has 20 heavy (non-hydrogen) atoms. The van der Waals surface area contributed by atoms with Crippen LogP contribution in [0.3, 0.4) is 0 Å². The molecule has 2 aromatic rings. The Kier molecular flexibility index (Phi) is 3.48. The fourth-order valence-electron chi connectivity index (χ4n) is 2.71. The van der Waals surface area contributed by atoms with Gasteiger partial charge in [0.1, 0.15) is 29.9 Å². The zero-order chi connectivity index (χ0) is 14.0. The first-order valence-corrected chi connectivity index (χ1v) is 6.61. The average molecular weight is 279 g/mol. The highest BCUT2D eigenvalue weighted by molar-refractivity contribution is 5.26. The summed E-state index contributed by atoms with van der Waals surface area (Å²) in [7, 11) is 0. The number of benzene rings is 1. The molecule has 0 radical (unpaired) electrons. The van der Waals surface area contributed by atoms with Gasteiger partial charge in [-0.3, -0.25) is 0 Å². The number of ether oxygens (including phenoxy) is 1. The van der Waals surface area contributed by atoms with Crippen molar-refractivity contribution in [2.75, 3.05) is 6.61 Å². The van der Waals surface area contributed by atoms with Gasteiger partial charge in [0.05, 0.1) is 6.54 Å². The normalized spacial score (nSPS) is 22.9. The third-order valence-electron chi connectivity index (χ3n) is 3.66. The van der Waals surface area contributed by atoms with Crippen molar-refractivity contribution in [2.45, 2.75) is 31.4 Å². The van der Waals surface area contributed by atoms with E-state index in [2.05, 4.69) is 10.1 Å². The Hall–Kier alpha value is -1.82. The molecule has 1 aliphatic rings. The summed E-state index contributed by atoms with van der Waals surface area (Å²) in [5.74, 6) is -1.16. The molecule has 1 saturated heterocycles. The van der Waals surface area contributed by atoms with Crippen LogP contribution >= 0.6 is 0 Å². The van der Waals surface area contributed by atoms with Gasteiger partial charge in [-0.25, -0.2) is 18.4 Å². The van der Waals surface area contributed by atoms with Gasteiger partial charge in [-0.2, -0.15) is 5.10 Å². The zero-order valence-electron chi connectivity index (χ0n) is 10.9. The lowest BCUT2D eigenvalue weighted by Gasteiger charge is -2.37. The smallest absolute Gasteiger partial charge is 0.137 e. The van der Waals surface area contributed by atoms with Crippen molar-refractivity contribution >= 4 is 0 Å². The lowest BCUT2D eigenvalue weighted by molar-refractivity contribution is -0.0988. The quantitative estimate of drug-likeness (QED) is 0.867. The molecule has 1 aliphatic heterocycles. The molecule has 0 amide bonds. The molecule has 1 unspecified atom stereocenters. The van der Waals surface area contributed by atoms with Crippen LogP contribution in [0.5, 0.6) is 0 Å². The van der Waals surface area contributed by atoms with Crippen LogP contribution in [-0.4, -0.2) is 21.4 Å². The lowest BCUT2D eigenvalue weighted by Crippen LogP contribution is -2.39. The average Bonchev–Trinajstić information content (AvgIpc) is 2.92. The molecule has 106 valence electrons. The van der Waals surface area contributed by atoms with E-state index in [1.165, 1.54) is 18.5 Å². The number of aromatic nitrogens is 3. The number of rotatable bonds is 3. The van der Waals surface area contributed by atoms with Crippen LogP contribution in [0.1, 0.15) is 24.8 Å². The zero-order valence-corrected chi connectivity index (χ0v) is 10.9. The second-order valence-corrected chi connectivity index (χ2v) is 5.02. The van der Waals surface area contributed by atoms with Crippen LogP contribution in [0.2, 0.25) is 0 Å². The summed E-state index contributed by atoms with van der Waals surface area (Å²) >= 11 is 0. The van der Waals surface area contributed by atoms with Crippen LogP contribution < -0.4 is 0 Å². The minimum absolute atomic E-state index is 0.371. The fourth-order valence-corrected chi connectivity index (χ4v) is 2.71. The van der Waals surface area contributed by atoms with Gasteiger partial charge >= 0.3 is 0 Å². The van der Waals surface area contributed by atoms with Crippen molar-refractivity contribution in [1.82, 2.24) is 14.8 Å². The largest absolute Gasteiger partial charge is 0.368 e. The molecule has 1 aromatic carbocycles. The van der Waals surface area contributed by atoms with E-state index in [9.17, 15) is 8.78 Å². The summed E-state index contributed by atoms with van der Waals surface area (Å²) in [6, 6.07) is 3.63. The molecule has 0 aliphatic carbocycles. The summed E-state index contributed by atoms with van der Waals surface area (Å²) in [6.45, 7) is 0.932. The van der Waals surface area contributed by atoms with Gasteiger partial charge in [0.25, 0.3) is 0 Å². The number of hydrogen-bond acceptors (Lipinski definition) is 3. The molecule has 1 fully saturated rings. The van der Waals surface area contributed by atoms with E-state index in [1.807, 2.05) is 0 Å². The minimum atomic E-state index is -0.802. The number of halogens is 2. The fraction of sp³-hybridized carbons (Fsp3) is 0.429. The summed E-state index contributed by atoms with van der Waals surface area (Å²) in [6.07, 6.45) is 5.56. The summed E-state index contributed by atoms with van der Waals surface area (Å²) in [4.78, 5) is 3.89. The van der Waals surface area contributed by atoms with Crippen LogP contribution in [0, 0.1) is 11.6 Å². The topological polar surface area (TPSA) is 39.9 Å². The predicted octanol–water partition coefficient (Wildman–Crippen LogP) is 2.65. The summed E-state index contributed by atoms with van der Waals surface area (Å²) < 4.78 is 34.8. The van der Waals surface area contributed by atoms with Crippen LogP contribution in [0.15, 0.2) is 30.9 Å². The SMILES string of the molecule is Fc1ccc(C2(Cn3cncn3)CCCCO2)c(F)c1. The third kappa shape index (κ3) is 2.43. The second kappa shape index (κ2) is 5.28. The van der Waals surface area contributed by atoms with Crippen molar-refractivity contribution in [3.05, 3.63) is 48.1 Å². The van der Waals surface area contributed by atoms with Gasteiger partial charge in [-0.15, -0.1) is 0 Å². The first-order chi connectivity index (χ1) is 9.70.